The Balaban J connectivity index is 2.00. The minimum atomic E-state index is -0.959. The van der Waals surface area contributed by atoms with Crippen LogP contribution in [0.1, 0.15) is 22.9 Å². The van der Waals surface area contributed by atoms with E-state index in [1.807, 2.05) is 0 Å². The van der Waals surface area contributed by atoms with E-state index in [1.165, 1.54) is 18.1 Å². The predicted octanol–water partition coefficient (Wildman–Crippen LogP) is 5.33. The molecule has 0 bridgehead atoms. The van der Waals surface area contributed by atoms with Crippen LogP contribution >= 0.6 is 23.2 Å². The highest BCUT2D eigenvalue weighted by Gasteiger charge is 2.48. The van der Waals surface area contributed by atoms with Crippen molar-refractivity contribution in [2.24, 2.45) is 0 Å². The van der Waals surface area contributed by atoms with Crippen molar-refractivity contribution >= 4 is 46.3 Å². The molecule has 0 radical (unpaired) electrons. The Morgan fingerprint density at radius 3 is 2.44 bits per heavy atom. The first-order chi connectivity index (χ1) is 15.3. The molecule has 0 aliphatic carbocycles. The number of aryl methyl sites for hydroxylation is 1. The monoisotopic (exact) mass is 468 g/mol. The van der Waals surface area contributed by atoms with Crippen LogP contribution in [0.2, 0.25) is 10.0 Å². The molecule has 1 amide bonds. The quantitative estimate of drug-likeness (QED) is 0.317. The maximum Gasteiger partial charge on any atom is 0.300 e. The maximum absolute atomic E-state index is 13.2. The highest BCUT2D eigenvalue weighted by Crippen LogP contribution is 2.44. The van der Waals surface area contributed by atoms with Crippen molar-refractivity contribution in [1.82, 2.24) is 4.98 Å². The molecule has 1 atom stereocenters. The zero-order chi connectivity index (χ0) is 23.0. The molecule has 1 aliphatic rings. The summed E-state index contributed by atoms with van der Waals surface area (Å²) in [7, 11) is 1.44. The first-order valence-corrected chi connectivity index (χ1v) is 10.4. The van der Waals surface area contributed by atoms with Crippen LogP contribution < -0.4 is 9.64 Å². The third kappa shape index (κ3) is 3.72. The summed E-state index contributed by atoms with van der Waals surface area (Å²) in [6, 6.07) is 13.9. The van der Waals surface area contributed by atoms with Crippen LogP contribution in [0.3, 0.4) is 0 Å². The van der Waals surface area contributed by atoms with Crippen LogP contribution in [0.4, 0.5) is 5.69 Å². The summed E-state index contributed by atoms with van der Waals surface area (Å²) < 4.78 is 5.33. The number of halogens is 2. The smallest absolute Gasteiger partial charge is 0.300 e. The Labute approximate surface area is 194 Å². The van der Waals surface area contributed by atoms with Gasteiger partial charge in [-0.2, -0.15) is 0 Å². The number of aliphatic hydroxyl groups is 1. The topological polar surface area (TPSA) is 79.7 Å². The number of benzene rings is 2. The summed E-state index contributed by atoms with van der Waals surface area (Å²) in [5.41, 5.74) is 1.70. The molecule has 4 rings (SSSR count). The fourth-order valence-electron chi connectivity index (χ4n) is 3.80. The molecular weight excluding hydrogens is 451 g/mol. The van der Waals surface area contributed by atoms with Crippen LogP contribution in [-0.2, 0) is 9.59 Å². The third-order valence-corrected chi connectivity index (χ3v) is 5.72. The number of pyridine rings is 1. The predicted molar refractivity (Wildman–Crippen MR) is 123 cm³/mol. The van der Waals surface area contributed by atoms with Gasteiger partial charge in [0.15, 0.2) is 0 Å². The van der Waals surface area contributed by atoms with E-state index < -0.39 is 23.5 Å². The molecule has 3 aromatic rings. The highest BCUT2D eigenvalue weighted by atomic mass is 35.5. The molecular formula is C24H18Cl2N2O4. The second-order valence-corrected chi connectivity index (χ2v) is 8.07. The number of carbonyl (C=O) groups is 2. The molecule has 1 N–H and O–H groups in total. The van der Waals surface area contributed by atoms with Gasteiger partial charge in [-0.05, 0) is 61.0 Å². The molecule has 0 spiro atoms. The number of Topliss-reactive ketones (excluding diaryl/α,β-unsaturated/α-hetero) is 1. The number of anilines is 1. The Bertz CT molecular complexity index is 1260. The fraction of sp³-hybridized carbons (Fsp3) is 0.125. The van der Waals surface area contributed by atoms with E-state index in [0.29, 0.717) is 32.7 Å². The Hall–Kier alpha value is -3.35. The van der Waals surface area contributed by atoms with Crippen molar-refractivity contribution < 1.29 is 19.4 Å². The van der Waals surface area contributed by atoms with E-state index in [4.69, 9.17) is 27.9 Å². The van der Waals surface area contributed by atoms with Crippen LogP contribution in [0.15, 0.2) is 66.4 Å². The minimum absolute atomic E-state index is 0.108. The van der Waals surface area contributed by atoms with Crippen molar-refractivity contribution in [2.45, 2.75) is 13.0 Å². The number of carbonyl (C=O) groups excluding carboxylic acids is 2. The number of ketones is 1. The minimum Gasteiger partial charge on any atom is -0.507 e. The lowest BCUT2D eigenvalue weighted by Crippen LogP contribution is -2.30. The number of hydrogen-bond donors (Lipinski definition) is 1. The standard InChI is InChI=1S/C24H18Cl2N2O4/c1-13-11-14(25)6-8-18(13)28-21(17-5-3-4-10-27-17)20(23(30)24(28)31)22(29)16-12-15(26)7-9-19(16)32-2/h3-12,21,29H,1-2H3/b22-20+. The number of methoxy groups -OCH3 is 1. The van der Waals surface area contributed by atoms with Crippen molar-refractivity contribution in [1.29, 1.82) is 0 Å². The van der Waals surface area contributed by atoms with Crippen LogP contribution in [-0.4, -0.2) is 28.9 Å². The van der Waals surface area contributed by atoms with E-state index in [0.717, 1.165) is 0 Å². The first-order valence-electron chi connectivity index (χ1n) is 9.65. The summed E-state index contributed by atoms with van der Waals surface area (Å²) in [5, 5.41) is 12.1. The lowest BCUT2D eigenvalue weighted by atomic mass is 9.97. The van der Waals surface area contributed by atoms with Crippen molar-refractivity contribution in [2.75, 3.05) is 12.0 Å². The van der Waals surface area contributed by atoms with E-state index >= 15 is 0 Å². The molecule has 8 heteroatoms. The highest BCUT2D eigenvalue weighted by molar-refractivity contribution is 6.52. The van der Waals surface area contributed by atoms with E-state index in [-0.39, 0.29) is 11.1 Å². The molecule has 2 heterocycles. The first kappa shape index (κ1) is 21.9. The molecule has 1 fully saturated rings. The lowest BCUT2D eigenvalue weighted by Gasteiger charge is -2.26. The maximum atomic E-state index is 13.2. The van der Waals surface area contributed by atoms with Gasteiger partial charge in [0.2, 0.25) is 0 Å². The molecule has 1 saturated heterocycles. The van der Waals surface area contributed by atoms with E-state index in [9.17, 15) is 14.7 Å². The van der Waals surface area contributed by atoms with E-state index in [1.54, 1.807) is 61.7 Å². The number of aliphatic hydroxyl groups excluding tert-OH is 1. The number of ether oxygens (including phenoxy) is 1. The normalized spacial score (nSPS) is 17.6. The molecule has 6 nitrogen and oxygen atoms in total. The fourth-order valence-corrected chi connectivity index (χ4v) is 4.20. The second-order valence-electron chi connectivity index (χ2n) is 7.20. The molecule has 162 valence electrons. The summed E-state index contributed by atoms with van der Waals surface area (Å²) in [5.74, 6) is -1.71. The molecule has 1 aliphatic heterocycles. The molecule has 1 unspecified atom stereocenters. The van der Waals surface area contributed by atoms with Gasteiger partial charge in [0.25, 0.3) is 11.7 Å². The summed E-state index contributed by atoms with van der Waals surface area (Å²) in [4.78, 5) is 32.1. The lowest BCUT2D eigenvalue weighted by molar-refractivity contribution is -0.132. The Morgan fingerprint density at radius 1 is 1.06 bits per heavy atom. The molecule has 32 heavy (non-hydrogen) atoms. The number of rotatable bonds is 4. The summed E-state index contributed by atoms with van der Waals surface area (Å²) in [6.07, 6.45) is 1.56. The van der Waals surface area contributed by atoms with Crippen LogP contribution in [0.5, 0.6) is 5.75 Å². The average Bonchev–Trinajstić information content (AvgIpc) is 3.04. The van der Waals surface area contributed by atoms with Gasteiger partial charge in [-0.1, -0.05) is 29.3 Å². The average molecular weight is 469 g/mol. The van der Waals surface area contributed by atoms with Gasteiger partial charge < -0.3 is 9.84 Å². The van der Waals surface area contributed by atoms with Crippen molar-refractivity contribution in [3.05, 3.63) is 93.2 Å². The zero-order valence-corrected chi connectivity index (χ0v) is 18.7. The third-order valence-electron chi connectivity index (χ3n) is 5.25. The van der Waals surface area contributed by atoms with Crippen LogP contribution in [0.25, 0.3) is 5.76 Å². The van der Waals surface area contributed by atoms with E-state index in [2.05, 4.69) is 4.98 Å². The number of hydrogen-bond acceptors (Lipinski definition) is 5. The zero-order valence-electron chi connectivity index (χ0n) is 17.2. The van der Waals surface area contributed by atoms with Crippen molar-refractivity contribution in [3.8, 4) is 5.75 Å². The van der Waals surface area contributed by atoms with Gasteiger partial charge in [0.1, 0.15) is 17.6 Å². The van der Waals surface area contributed by atoms with Gasteiger partial charge >= 0.3 is 0 Å². The SMILES string of the molecule is COc1ccc(Cl)cc1/C(O)=C1\C(=O)C(=O)N(c2ccc(Cl)cc2C)C1c1ccccn1. The van der Waals surface area contributed by atoms with Crippen molar-refractivity contribution in [3.63, 3.8) is 0 Å². The molecule has 0 saturated carbocycles. The van der Waals surface area contributed by atoms with Gasteiger partial charge in [0, 0.05) is 21.9 Å². The summed E-state index contributed by atoms with van der Waals surface area (Å²) in [6.45, 7) is 1.79. The van der Waals surface area contributed by atoms with Gasteiger partial charge in [0.05, 0.1) is 23.9 Å². The number of nitrogens with zero attached hydrogens (tertiary/aromatic N) is 2. The van der Waals surface area contributed by atoms with Gasteiger partial charge in [-0.15, -0.1) is 0 Å². The number of amides is 1. The van der Waals surface area contributed by atoms with Gasteiger partial charge in [-0.25, -0.2) is 0 Å². The Kier molecular flexibility index (Phi) is 5.91. The molecule has 1 aromatic heterocycles. The van der Waals surface area contributed by atoms with Crippen LogP contribution in [0, 0.1) is 6.92 Å². The Morgan fingerprint density at radius 2 is 1.78 bits per heavy atom. The van der Waals surface area contributed by atoms with Gasteiger partial charge in [-0.3, -0.25) is 19.5 Å². The molecule has 2 aromatic carbocycles. The second kappa shape index (κ2) is 8.65. The largest absolute Gasteiger partial charge is 0.507 e. The summed E-state index contributed by atoms with van der Waals surface area (Å²) >= 11 is 12.2. The number of aromatic nitrogens is 1.